The number of rotatable bonds is 2. The molecule has 7 heteroatoms. The third-order valence-electron chi connectivity index (χ3n) is 4.00. The fourth-order valence-corrected chi connectivity index (χ4v) is 2.85. The number of nitrogens with zero attached hydrogens (tertiary/aromatic N) is 4. The molecule has 0 atom stereocenters. The Hall–Kier alpha value is -4.14. The quantitative estimate of drug-likeness (QED) is 0.702. The summed E-state index contributed by atoms with van der Waals surface area (Å²) in [7, 11) is 0. The molecule has 27 heavy (non-hydrogen) atoms. The normalized spacial score (nSPS) is 11.6. The molecule has 2 aromatic carbocycles. The SMILES string of the molecule is Cc1nn2c(c1-c1ccccc1)N=C(c1ccc(C#N)cc1)C2=O.O=C=O. The van der Waals surface area contributed by atoms with Gasteiger partial charge in [-0.05, 0) is 24.6 Å². The summed E-state index contributed by atoms with van der Waals surface area (Å²) in [5.41, 5.74) is 4.19. The van der Waals surface area contributed by atoms with E-state index in [-0.39, 0.29) is 12.1 Å². The maximum atomic E-state index is 12.7. The van der Waals surface area contributed by atoms with Gasteiger partial charge in [-0.2, -0.15) is 24.6 Å². The summed E-state index contributed by atoms with van der Waals surface area (Å²) in [4.78, 5) is 33.4. The molecule has 0 bridgehead atoms. The Kier molecular flexibility index (Phi) is 4.84. The van der Waals surface area contributed by atoms with Crippen molar-refractivity contribution < 1.29 is 14.4 Å². The molecule has 0 fully saturated rings. The van der Waals surface area contributed by atoms with Crippen molar-refractivity contribution in [3.8, 4) is 17.2 Å². The number of nitriles is 1. The van der Waals surface area contributed by atoms with Crippen LogP contribution in [0.1, 0.15) is 21.6 Å². The number of aryl methyl sites for hydroxylation is 1. The summed E-state index contributed by atoms with van der Waals surface area (Å²) in [5, 5.41) is 13.2. The van der Waals surface area contributed by atoms with E-state index < -0.39 is 0 Å². The van der Waals surface area contributed by atoms with E-state index in [1.165, 1.54) is 4.68 Å². The van der Waals surface area contributed by atoms with Gasteiger partial charge in [-0.3, -0.25) is 4.79 Å². The summed E-state index contributed by atoms with van der Waals surface area (Å²) in [6, 6.07) is 18.7. The maximum absolute atomic E-state index is 12.7. The van der Waals surface area contributed by atoms with Crippen molar-refractivity contribution in [2.24, 2.45) is 4.99 Å². The Morgan fingerprint density at radius 2 is 1.59 bits per heavy atom. The highest BCUT2D eigenvalue weighted by molar-refractivity contribution is 6.48. The van der Waals surface area contributed by atoms with Gasteiger partial charge in [0.25, 0.3) is 5.91 Å². The molecule has 1 aromatic heterocycles. The third-order valence-corrected chi connectivity index (χ3v) is 4.00. The van der Waals surface area contributed by atoms with Gasteiger partial charge in [-0.15, -0.1) is 0 Å². The van der Waals surface area contributed by atoms with Crippen molar-refractivity contribution in [3.63, 3.8) is 0 Å². The molecule has 1 aliphatic rings. The van der Waals surface area contributed by atoms with E-state index >= 15 is 0 Å². The molecule has 7 nitrogen and oxygen atoms in total. The number of hydrogen-bond donors (Lipinski definition) is 0. The maximum Gasteiger partial charge on any atom is 0.373 e. The third kappa shape index (κ3) is 3.21. The molecule has 0 unspecified atom stereocenters. The summed E-state index contributed by atoms with van der Waals surface area (Å²) < 4.78 is 1.35. The summed E-state index contributed by atoms with van der Waals surface area (Å²) in [6.07, 6.45) is 0.250. The number of aromatic nitrogens is 2. The average molecular weight is 356 g/mol. The minimum atomic E-state index is -0.250. The van der Waals surface area contributed by atoms with Crippen LogP contribution in [0, 0.1) is 18.3 Å². The van der Waals surface area contributed by atoms with Crippen LogP contribution < -0.4 is 0 Å². The number of hydrogen-bond acceptors (Lipinski definition) is 6. The summed E-state index contributed by atoms with van der Waals surface area (Å²) in [6.45, 7) is 1.87. The van der Waals surface area contributed by atoms with Gasteiger partial charge >= 0.3 is 6.15 Å². The van der Waals surface area contributed by atoms with E-state index in [9.17, 15) is 4.79 Å². The highest BCUT2D eigenvalue weighted by atomic mass is 16.2. The molecule has 3 aromatic rings. The van der Waals surface area contributed by atoms with Crippen LogP contribution in [0.4, 0.5) is 5.82 Å². The number of carbonyl (C=O) groups excluding carboxylic acids is 3. The highest BCUT2D eigenvalue weighted by Crippen LogP contribution is 2.36. The largest absolute Gasteiger partial charge is 0.373 e. The van der Waals surface area contributed by atoms with Crippen molar-refractivity contribution in [3.05, 3.63) is 71.4 Å². The Morgan fingerprint density at radius 3 is 2.19 bits per heavy atom. The molecule has 4 rings (SSSR count). The van der Waals surface area contributed by atoms with Gasteiger partial charge in [0.2, 0.25) is 0 Å². The van der Waals surface area contributed by atoms with E-state index in [2.05, 4.69) is 16.2 Å². The number of aliphatic imine (C=N–C) groups is 1. The molecule has 1 aliphatic heterocycles. The molecule has 0 saturated carbocycles. The van der Waals surface area contributed by atoms with Gasteiger partial charge < -0.3 is 0 Å². The molecule has 2 heterocycles. The fourth-order valence-electron chi connectivity index (χ4n) is 2.85. The first kappa shape index (κ1) is 17.7. The first-order valence-corrected chi connectivity index (χ1v) is 7.89. The van der Waals surface area contributed by atoms with Gasteiger partial charge in [0.05, 0.1) is 17.3 Å². The number of carbonyl (C=O) groups is 1. The Labute approximate surface area is 154 Å². The minimum absolute atomic E-state index is 0.250. The van der Waals surface area contributed by atoms with E-state index in [0.29, 0.717) is 22.7 Å². The Balaban J connectivity index is 0.000000659. The summed E-state index contributed by atoms with van der Waals surface area (Å²) in [5.74, 6) is 0.308. The van der Waals surface area contributed by atoms with Gasteiger partial charge in [-0.1, -0.05) is 42.5 Å². The van der Waals surface area contributed by atoms with Crippen molar-refractivity contribution in [1.29, 1.82) is 5.26 Å². The minimum Gasteiger partial charge on any atom is -0.265 e. The second kappa shape index (κ2) is 7.40. The molecule has 130 valence electrons. The van der Waals surface area contributed by atoms with E-state index in [1.807, 2.05) is 37.3 Å². The van der Waals surface area contributed by atoms with Gasteiger partial charge in [0.15, 0.2) is 5.82 Å². The lowest BCUT2D eigenvalue weighted by molar-refractivity contribution is -0.191. The van der Waals surface area contributed by atoms with E-state index in [0.717, 1.165) is 16.8 Å². The Bertz CT molecular complexity index is 1110. The van der Waals surface area contributed by atoms with E-state index in [1.54, 1.807) is 24.3 Å². The van der Waals surface area contributed by atoms with Crippen LogP contribution in [0.3, 0.4) is 0 Å². The Morgan fingerprint density at radius 1 is 0.963 bits per heavy atom. The second-order valence-electron chi connectivity index (χ2n) is 5.60. The monoisotopic (exact) mass is 356 g/mol. The molecule has 0 spiro atoms. The highest BCUT2D eigenvalue weighted by Gasteiger charge is 2.30. The van der Waals surface area contributed by atoms with Crippen molar-refractivity contribution >= 4 is 23.6 Å². The zero-order valence-electron chi connectivity index (χ0n) is 14.2. The van der Waals surface area contributed by atoms with Crippen LogP contribution in [0.5, 0.6) is 0 Å². The molecule has 0 radical (unpaired) electrons. The first-order valence-electron chi connectivity index (χ1n) is 7.89. The van der Waals surface area contributed by atoms with Crippen LogP contribution in [-0.4, -0.2) is 27.6 Å². The van der Waals surface area contributed by atoms with Crippen LogP contribution in [-0.2, 0) is 9.59 Å². The molecule has 0 amide bonds. The van der Waals surface area contributed by atoms with Gasteiger partial charge in [0, 0.05) is 11.1 Å². The van der Waals surface area contributed by atoms with Crippen LogP contribution in [0.25, 0.3) is 11.1 Å². The molecule has 0 aliphatic carbocycles. The molecular weight excluding hydrogens is 344 g/mol. The van der Waals surface area contributed by atoms with Crippen LogP contribution in [0.15, 0.2) is 59.6 Å². The topological polar surface area (TPSA) is 105 Å². The smallest absolute Gasteiger partial charge is 0.265 e. The lowest BCUT2D eigenvalue weighted by Crippen LogP contribution is -2.18. The molecular formula is C20H12N4O3. The summed E-state index contributed by atoms with van der Waals surface area (Å²) >= 11 is 0. The average Bonchev–Trinajstić information content (AvgIpc) is 3.18. The first-order chi connectivity index (χ1) is 13.1. The van der Waals surface area contributed by atoms with Crippen LogP contribution in [0.2, 0.25) is 0 Å². The van der Waals surface area contributed by atoms with Gasteiger partial charge in [-0.25, -0.2) is 4.99 Å². The fraction of sp³-hybridized carbons (Fsp3) is 0.0500. The number of benzene rings is 2. The van der Waals surface area contributed by atoms with Crippen molar-refractivity contribution in [2.75, 3.05) is 0 Å². The second-order valence-corrected chi connectivity index (χ2v) is 5.60. The van der Waals surface area contributed by atoms with Crippen LogP contribution >= 0.6 is 0 Å². The zero-order chi connectivity index (χ0) is 19.4. The zero-order valence-corrected chi connectivity index (χ0v) is 14.2. The van der Waals surface area contributed by atoms with Crippen molar-refractivity contribution in [2.45, 2.75) is 6.92 Å². The lowest BCUT2D eigenvalue weighted by Gasteiger charge is -2.00. The van der Waals surface area contributed by atoms with Crippen molar-refractivity contribution in [1.82, 2.24) is 9.78 Å². The standard InChI is InChI=1S/C19H12N4O.CO2/c1-12-16(14-5-3-2-4-6-14)18-21-17(19(24)23(18)22-12)15-9-7-13(11-20)8-10-15;2-1-3/h2-10H,1H3;. The number of fused-ring (bicyclic) bond motifs is 1. The van der Waals surface area contributed by atoms with E-state index in [4.69, 9.17) is 14.9 Å². The molecule has 0 N–H and O–H groups in total. The van der Waals surface area contributed by atoms with Gasteiger partial charge in [0.1, 0.15) is 5.71 Å². The predicted molar refractivity (Wildman–Crippen MR) is 95.4 cm³/mol. The molecule has 0 saturated heterocycles. The lowest BCUT2D eigenvalue weighted by atomic mass is 10.1. The predicted octanol–water partition coefficient (Wildman–Crippen LogP) is 2.92.